The number of rotatable bonds is 6. The lowest BCUT2D eigenvalue weighted by molar-refractivity contribution is 0.1000. The van der Waals surface area contributed by atoms with Crippen LogP contribution in [0.25, 0.3) is 0 Å². The molecule has 2 N–H and O–H groups in total. The van der Waals surface area contributed by atoms with Crippen molar-refractivity contribution in [2.24, 2.45) is 5.73 Å². The Kier molecular flexibility index (Phi) is 6.93. The molecule has 0 spiro atoms. The lowest BCUT2D eigenvalue weighted by atomic mass is 9.86. The number of nitrogens with two attached hydrogens (primary N) is 1. The maximum Gasteiger partial charge on any atom is 0.248 e. The molecule has 21 heavy (non-hydrogen) atoms. The molecule has 0 aromatic heterocycles. The van der Waals surface area contributed by atoms with Gasteiger partial charge in [0.05, 0.1) is 0 Å². The molecule has 116 valence electrons. The van der Waals surface area contributed by atoms with Gasteiger partial charge >= 0.3 is 0 Å². The van der Waals surface area contributed by atoms with Gasteiger partial charge in [-0.15, -0.1) is 19.0 Å². The first kappa shape index (κ1) is 17.7. The van der Waals surface area contributed by atoms with Crippen molar-refractivity contribution in [3.63, 3.8) is 0 Å². The summed E-state index contributed by atoms with van der Waals surface area (Å²) in [6.07, 6.45) is 6.39. The monoisotopic (exact) mass is 308 g/mol. The summed E-state index contributed by atoms with van der Waals surface area (Å²) in [6, 6.07) is 6.42. The first-order valence-electron chi connectivity index (χ1n) is 7.42. The van der Waals surface area contributed by atoms with Crippen LogP contribution >= 0.6 is 12.4 Å². The van der Waals surface area contributed by atoms with E-state index in [0.29, 0.717) is 11.6 Å². The number of aryl methyl sites for hydroxylation is 1. The van der Waals surface area contributed by atoms with Gasteiger partial charge in [-0.25, -0.2) is 0 Å². The molecule has 0 fully saturated rings. The first-order valence-corrected chi connectivity index (χ1v) is 7.42. The molecule has 3 nitrogen and oxygen atoms in total. The number of hydrogen-bond donors (Lipinski definition) is 1. The number of nitrogens with zero attached hydrogens (tertiary/aromatic N) is 1. The summed E-state index contributed by atoms with van der Waals surface area (Å²) in [4.78, 5) is 13.8. The summed E-state index contributed by atoms with van der Waals surface area (Å²) in [5.74, 6) is -0.341. The van der Waals surface area contributed by atoms with Gasteiger partial charge in [-0.3, -0.25) is 9.69 Å². The third-order valence-corrected chi connectivity index (χ3v) is 4.08. The second-order valence-corrected chi connectivity index (χ2v) is 5.53. The van der Waals surface area contributed by atoms with Gasteiger partial charge in [-0.1, -0.05) is 19.1 Å². The van der Waals surface area contributed by atoms with Crippen LogP contribution in [-0.2, 0) is 12.8 Å². The fourth-order valence-corrected chi connectivity index (χ4v) is 3.08. The largest absolute Gasteiger partial charge is 0.366 e. The summed E-state index contributed by atoms with van der Waals surface area (Å²) in [6.45, 7) is 8.10. The zero-order valence-corrected chi connectivity index (χ0v) is 13.5. The SMILES string of the molecule is C=CCN(CCC)[C@@H]1CCc2ccc(C(N)=O)cc2C1.Cl. The van der Waals surface area contributed by atoms with E-state index in [-0.39, 0.29) is 18.3 Å². The van der Waals surface area contributed by atoms with Crippen LogP contribution in [0.15, 0.2) is 30.9 Å². The van der Waals surface area contributed by atoms with Gasteiger partial charge in [0.25, 0.3) is 0 Å². The van der Waals surface area contributed by atoms with Gasteiger partial charge in [0.15, 0.2) is 0 Å². The van der Waals surface area contributed by atoms with Crippen molar-refractivity contribution in [1.29, 1.82) is 0 Å². The van der Waals surface area contributed by atoms with Crippen LogP contribution in [0.2, 0.25) is 0 Å². The van der Waals surface area contributed by atoms with Crippen LogP contribution in [0.5, 0.6) is 0 Å². The van der Waals surface area contributed by atoms with E-state index >= 15 is 0 Å². The van der Waals surface area contributed by atoms with E-state index in [9.17, 15) is 4.79 Å². The van der Waals surface area contributed by atoms with E-state index < -0.39 is 0 Å². The minimum atomic E-state index is -0.341. The molecule has 0 saturated heterocycles. The Bertz CT molecular complexity index is 502. The Labute approximate surface area is 133 Å². The second-order valence-electron chi connectivity index (χ2n) is 5.53. The predicted octanol–water partition coefficient (Wildman–Crippen LogP) is 2.96. The van der Waals surface area contributed by atoms with Gasteiger partial charge in [-0.2, -0.15) is 0 Å². The Morgan fingerprint density at radius 1 is 1.48 bits per heavy atom. The lowest BCUT2D eigenvalue weighted by Gasteiger charge is -2.34. The minimum Gasteiger partial charge on any atom is -0.366 e. The topological polar surface area (TPSA) is 46.3 Å². The van der Waals surface area contributed by atoms with E-state index in [1.54, 1.807) is 0 Å². The summed E-state index contributed by atoms with van der Waals surface area (Å²) < 4.78 is 0. The molecule has 0 radical (unpaired) electrons. The molecule has 1 aliphatic carbocycles. The Morgan fingerprint density at radius 3 is 2.86 bits per heavy atom. The van der Waals surface area contributed by atoms with Gasteiger partial charge < -0.3 is 5.73 Å². The first-order chi connectivity index (χ1) is 9.65. The van der Waals surface area contributed by atoms with E-state index in [2.05, 4.69) is 24.5 Å². The van der Waals surface area contributed by atoms with Gasteiger partial charge in [0, 0.05) is 18.2 Å². The molecule has 1 atom stereocenters. The van der Waals surface area contributed by atoms with Crippen molar-refractivity contribution in [2.45, 2.75) is 38.6 Å². The Balaban J connectivity index is 0.00000220. The number of carbonyl (C=O) groups is 1. The normalized spacial score (nSPS) is 17.0. The summed E-state index contributed by atoms with van der Waals surface area (Å²) >= 11 is 0. The third kappa shape index (κ3) is 4.32. The maximum atomic E-state index is 11.3. The summed E-state index contributed by atoms with van der Waals surface area (Å²) in [5.41, 5.74) is 8.64. The molecule has 0 saturated carbocycles. The molecule has 1 aromatic carbocycles. The van der Waals surface area contributed by atoms with Crippen LogP contribution in [-0.4, -0.2) is 29.9 Å². The van der Waals surface area contributed by atoms with E-state index in [1.165, 1.54) is 17.5 Å². The van der Waals surface area contributed by atoms with Crippen LogP contribution in [0.4, 0.5) is 0 Å². The average Bonchev–Trinajstić information content (AvgIpc) is 2.45. The molecule has 0 unspecified atom stereocenters. The van der Waals surface area contributed by atoms with Gasteiger partial charge in [-0.05, 0) is 55.5 Å². The molecule has 1 amide bonds. The van der Waals surface area contributed by atoms with Crippen molar-refractivity contribution >= 4 is 18.3 Å². The van der Waals surface area contributed by atoms with E-state index in [1.807, 2.05) is 18.2 Å². The number of carbonyl (C=O) groups excluding carboxylic acids is 1. The molecular formula is C17H25ClN2O. The Morgan fingerprint density at radius 2 is 2.24 bits per heavy atom. The number of fused-ring (bicyclic) bond motifs is 1. The Hall–Kier alpha value is -1.32. The number of amides is 1. The standard InChI is InChI=1S/C17H24N2O.ClH/c1-3-9-19(10-4-2)16-8-7-13-5-6-14(17(18)20)11-15(13)12-16;/h3,5-6,11,16H,1,4,7-10,12H2,2H3,(H2,18,20);1H/t16-;/m1./s1. The average molecular weight is 309 g/mol. The van der Waals surface area contributed by atoms with Crippen molar-refractivity contribution in [1.82, 2.24) is 4.90 Å². The second kappa shape index (κ2) is 8.20. The number of primary amides is 1. The highest BCUT2D eigenvalue weighted by Gasteiger charge is 2.23. The predicted molar refractivity (Wildman–Crippen MR) is 90.1 cm³/mol. The van der Waals surface area contributed by atoms with E-state index in [0.717, 1.165) is 32.4 Å². The van der Waals surface area contributed by atoms with Crippen LogP contribution in [0, 0.1) is 0 Å². The van der Waals surface area contributed by atoms with Gasteiger partial charge in [0.1, 0.15) is 0 Å². The number of hydrogen-bond acceptors (Lipinski definition) is 2. The van der Waals surface area contributed by atoms with Crippen LogP contribution in [0.1, 0.15) is 41.3 Å². The number of halogens is 1. The fraction of sp³-hybridized carbons (Fsp3) is 0.471. The molecule has 2 rings (SSSR count). The third-order valence-electron chi connectivity index (χ3n) is 4.08. The number of benzene rings is 1. The molecular weight excluding hydrogens is 284 g/mol. The molecule has 4 heteroatoms. The highest BCUT2D eigenvalue weighted by Crippen LogP contribution is 2.25. The van der Waals surface area contributed by atoms with Crippen molar-refractivity contribution in [3.05, 3.63) is 47.5 Å². The zero-order chi connectivity index (χ0) is 14.5. The van der Waals surface area contributed by atoms with E-state index in [4.69, 9.17) is 5.73 Å². The molecule has 0 bridgehead atoms. The molecule has 0 heterocycles. The van der Waals surface area contributed by atoms with Crippen molar-refractivity contribution in [2.75, 3.05) is 13.1 Å². The van der Waals surface area contributed by atoms with Crippen molar-refractivity contribution < 1.29 is 4.79 Å². The van der Waals surface area contributed by atoms with Crippen LogP contribution < -0.4 is 5.73 Å². The fourth-order valence-electron chi connectivity index (χ4n) is 3.08. The molecule has 0 aliphatic heterocycles. The maximum absolute atomic E-state index is 11.3. The quantitative estimate of drug-likeness (QED) is 0.821. The minimum absolute atomic E-state index is 0. The smallest absolute Gasteiger partial charge is 0.248 e. The zero-order valence-electron chi connectivity index (χ0n) is 12.7. The van der Waals surface area contributed by atoms with Crippen molar-refractivity contribution in [3.8, 4) is 0 Å². The highest BCUT2D eigenvalue weighted by atomic mass is 35.5. The summed E-state index contributed by atoms with van der Waals surface area (Å²) in [7, 11) is 0. The lowest BCUT2D eigenvalue weighted by Crippen LogP contribution is -2.40. The highest BCUT2D eigenvalue weighted by molar-refractivity contribution is 5.93. The summed E-state index contributed by atoms with van der Waals surface area (Å²) in [5, 5.41) is 0. The molecule has 1 aromatic rings. The van der Waals surface area contributed by atoms with Gasteiger partial charge in [0.2, 0.25) is 5.91 Å². The van der Waals surface area contributed by atoms with Crippen LogP contribution in [0.3, 0.4) is 0 Å². The molecule has 1 aliphatic rings.